The van der Waals surface area contributed by atoms with E-state index >= 15 is 0 Å². The lowest BCUT2D eigenvalue weighted by atomic mass is 10.0. The van der Waals surface area contributed by atoms with Gasteiger partial charge in [-0.2, -0.15) is 0 Å². The summed E-state index contributed by atoms with van der Waals surface area (Å²) in [4.78, 5) is 23.2. The summed E-state index contributed by atoms with van der Waals surface area (Å²) in [6.07, 6.45) is 2.04. The standard InChI is InChI=1S/C18H25NO5/c1-13(2)14-5-7-15(8-6-14)23-12-18(21)24-11-17(20)19-10-16-4-3-9-22-16/h5-8,13,16H,3-4,9-12H2,1-2H3,(H,19,20)/t16-/m0/s1. The SMILES string of the molecule is CC(C)c1ccc(OCC(=O)OCC(=O)NC[C@@H]2CCCO2)cc1. The van der Waals surface area contributed by atoms with E-state index in [4.69, 9.17) is 14.2 Å². The van der Waals surface area contributed by atoms with Gasteiger partial charge in [0, 0.05) is 13.2 Å². The number of ether oxygens (including phenoxy) is 3. The maximum Gasteiger partial charge on any atom is 0.344 e. The van der Waals surface area contributed by atoms with Crippen molar-refractivity contribution in [3.8, 4) is 5.75 Å². The predicted octanol–water partition coefficient (Wildman–Crippen LogP) is 2.03. The van der Waals surface area contributed by atoms with Gasteiger partial charge in [-0.15, -0.1) is 0 Å². The van der Waals surface area contributed by atoms with E-state index in [0.29, 0.717) is 18.2 Å². The average Bonchev–Trinajstić information content (AvgIpc) is 3.10. The van der Waals surface area contributed by atoms with Crippen molar-refractivity contribution in [3.05, 3.63) is 29.8 Å². The summed E-state index contributed by atoms with van der Waals surface area (Å²) in [5.74, 6) is 0.131. The number of amides is 1. The molecular weight excluding hydrogens is 310 g/mol. The van der Waals surface area contributed by atoms with Crippen molar-refractivity contribution in [2.45, 2.75) is 38.7 Å². The van der Waals surface area contributed by atoms with E-state index in [2.05, 4.69) is 19.2 Å². The van der Waals surface area contributed by atoms with Crippen LogP contribution in [0.3, 0.4) is 0 Å². The van der Waals surface area contributed by atoms with Crippen molar-refractivity contribution >= 4 is 11.9 Å². The molecule has 0 radical (unpaired) electrons. The molecule has 1 aromatic carbocycles. The molecule has 0 bridgehead atoms. The van der Waals surface area contributed by atoms with E-state index in [1.807, 2.05) is 24.3 Å². The second-order valence-corrected chi connectivity index (χ2v) is 6.11. The number of hydrogen-bond donors (Lipinski definition) is 1. The first-order valence-electron chi connectivity index (χ1n) is 8.31. The molecule has 6 nitrogen and oxygen atoms in total. The average molecular weight is 335 g/mol. The van der Waals surface area contributed by atoms with Crippen LogP contribution in [0.5, 0.6) is 5.75 Å². The number of esters is 1. The lowest BCUT2D eigenvalue weighted by Gasteiger charge is -2.11. The zero-order valence-corrected chi connectivity index (χ0v) is 14.2. The van der Waals surface area contributed by atoms with E-state index in [9.17, 15) is 9.59 Å². The minimum Gasteiger partial charge on any atom is -0.482 e. The maximum atomic E-state index is 11.6. The molecule has 132 valence electrons. The van der Waals surface area contributed by atoms with Gasteiger partial charge in [-0.05, 0) is 36.5 Å². The molecule has 0 saturated carbocycles. The van der Waals surface area contributed by atoms with E-state index in [1.54, 1.807) is 0 Å². The fraction of sp³-hybridized carbons (Fsp3) is 0.556. The van der Waals surface area contributed by atoms with E-state index < -0.39 is 5.97 Å². The van der Waals surface area contributed by atoms with Crippen LogP contribution in [-0.2, 0) is 19.1 Å². The third-order valence-corrected chi connectivity index (χ3v) is 3.82. The van der Waals surface area contributed by atoms with Gasteiger partial charge >= 0.3 is 5.97 Å². The lowest BCUT2D eigenvalue weighted by molar-refractivity contribution is -0.150. The number of hydrogen-bond acceptors (Lipinski definition) is 5. The van der Waals surface area contributed by atoms with Crippen LogP contribution < -0.4 is 10.1 Å². The normalized spacial score (nSPS) is 16.9. The highest BCUT2D eigenvalue weighted by Crippen LogP contribution is 2.18. The van der Waals surface area contributed by atoms with Crippen molar-refractivity contribution in [3.63, 3.8) is 0 Å². The van der Waals surface area contributed by atoms with Crippen molar-refractivity contribution in [1.29, 1.82) is 0 Å². The Balaban J connectivity index is 1.61. The molecule has 0 aliphatic carbocycles. The summed E-state index contributed by atoms with van der Waals surface area (Å²) < 4.78 is 15.6. The molecule has 1 fully saturated rings. The molecular formula is C18H25NO5. The predicted molar refractivity (Wildman–Crippen MR) is 89.0 cm³/mol. The number of rotatable bonds is 8. The Morgan fingerprint density at radius 1 is 1.25 bits per heavy atom. The smallest absolute Gasteiger partial charge is 0.344 e. The molecule has 1 N–H and O–H groups in total. The van der Waals surface area contributed by atoms with Crippen molar-refractivity contribution in [2.75, 3.05) is 26.4 Å². The second kappa shape index (κ2) is 9.27. The second-order valence-electron chi connectivity index (χ2n) is 6.11. The molecule has 1 aliphatic heterocycles. The number of nitrogens with one attached hydrogen (secondary N) is 1. The Labute approximate surface area is 142 Å². The van der Waals surface area contributed by atoms with Gasteiger partial charge in [0.1, 0.15) is 5.75 Å². The van der Waals surface area contributed by atoms with Gasteiger partial charge in [0.05, 0.1) is 6.10 Å². The Morgan fingerprint density at radius 3 is 2.62 bits per heavy atom. The van der Waals surface area contributed by atoms with Gasteiger partial charge in [-0.25, -0.2) is 4.79 Å². The summed E-state index contributed by atoms with van der Waals surface area (Å²) >= 11 is 0. The third-order valence-electron chi connectivity index (χ3n) is 3.82. The van der Waals surface area contributed by atoms with Gasteiger partial charge in [-0.1, -0.05) is 26.0 Å². The van der Waals surface area contributed by atoms with Crippen molar-refractivity contribution in [1.82, 2.24) is 5.32 Å². The first kappa shape index (κ1) is 18.3. The van der Waals surface area contributed by atoms with Crippen molar-refractivity contribution < 1.29 is 23.8 Å². The van der Waals surface area contributed by atoms with Crippen LogP contribution in [0.2, 0.25) is 0 Å². The van der Waals surface area contributed by atoms with Crippen LogP contribution in [0, 0.1) is 0 Å². The van der Waals surface area contributed by atoms with Gasteiger partial charge in [-0.3, -0.25) is 4.79 Å². The Kier molecular flexibility index (Phi) is 7.06. The number of carbonyl (C=O) groups excluding carboxylic acids is 2. The van der Waals surface area contributed by atoms with Crippen LogP contribution in [0.4, 0.5) is 0 Å². The quantitative estimate of drug-likeness (QED) is 0.736. The van der Waals surface area contributed by atoms with E-state index in [1.165, 1.54) is 5.56 Å². The Bertz CT molecular complexity index is 535. The molecule has 6 heteroatoms. The molecule has 1 atom stereocenters. The number of carbonyl (C=O) groups is 2. The molecule has 1 heterocycles. The van der Waals surface area contributed by atoms with Gasteiger partial charge in [0.2, 0.25) is 0 Å². The van der Waals surface area contributed by atoms with Gasteiger partial charge in [0.25, 0.3) is 5.91 Å². The highest BCUT2D eigenvalue weighted by molar-refractivity contribution is 5.80. The highest BCUT2D eigenvalue weighted by Gasteiger charge is 2.16. The summed E-state index contributed by atoms with van der Waals surface area (Å²) in [5, 5.41) is 2.69. The van der Waals surface area contributed by atoms with Crippen molar-refractivity contribution in [2.24, 2.45) is 0 Å². The van der Waals surface area contributed by atoms with Gasteiger partial charge in [0.15, 0.2) is 13.2 Å². The largest absolute Gasteiger partial charge is 0.482 e. The van der Waals surface area contributed by atoms with Gasteiger partial charge < -0.3 is 19.5 Å². The fourth-order valence-corrected chi connectivity index (χ4v) is 2.36. The fourth-order valence-electron chi connectivity index (χ4n) is 2.36. The molecule has 0 aromatic heterocycles. The molecule has 1 aromatic rings. The maximum absolute atomic E-state index is 11.6. The van der Waals surface area contributed by atoms with Crippen LogP contribution in [0.25, 0.3) is 0 Å². The molecule has 2 rings (SSSR count). The summed E-state index contributed by atoms with van der Waals surface area (Å²) in [5.41, 5.74) is 1.20. The summed E-state index contributed by atoms with van der Waals surface area (Å²) in [7, 11) is 0. The molecule has 0 spiro atoms. The van der Waals surface area contributed by atoms with E-state index in [-0.39, 0.29) is 25.2 Å². The van der Waals surface area contributed by atoms with Crippen LogP contribution >= 0.6 is 0 Å². The van der Waals surface area contributed by atoms with Crippen LogP contribution in [-0.4, -0.2) is 44.3 Å². The molecule has 1 amide bonds. The zero-order chi connectivity index (χ0) is 17.4. The minimum absolute atomic E-state index is 0.0711. The van der Waals surface area contributed by atoms with Crippen LogP contribution in [0.15, 0.2) is 24.3 Å². The first-order chi connectivity index (χ1) is 11.5. The first-order valence-corrected chi connectivity index (χ1v) is 8.31. The molecule has 0 unspecified atom stereocenters. The Morgan fingerprint density at radius 2 is 2.00 bits per heavy atom. The van der Waals surface area contributed by atoms with Crippen LogP contribution in [0.1, 0.15) is 38.2 Å². The third kappa shape index (κ3) is 6.20. The summed E-state index contributed by atoms with van der Waals surface area (Å²) in [6.45, 7) is 4.88. The Hall–Kier alpha value is -2.08. The molecule has 24 heavy (non-hydrogen) atoms. The van der Waals surface area contributed by atoms with E-state index in [0.717, 1.165) is 19.4 Å². The lowest BCUT2D eigenvalue weighted by Crippen LogP contribution is -2.35. The number of benzene rings is 1. The zero-order valence-electron chi connectivity index (χ0n) is 14.2. The monoisotopic (exact) mass is 335 g/mol. The topological polar surface area (TPSA) is 73.9 Å². The minimum atomic E-state index is -0.574. The molecule has 1 saturated heterocycles. The summed E-state index contributed by atoms with van der Waals surface area (Å²) in [6, 6.07) is 7.56. The molecule has 1 aliphatic rings. The highest BCUT2D eigenvalue weighted by atomic mass is 16.6.